The second kappa shape index (κ2) is 7.77. The molecular weight excluding hydrogens is 290 g/mol. The molecular formula is C18H27N3O2. The Balaban J connectivity index is 1.60. The molecule has 23 heavy (non-hydrogen) atoms. The van der Waals surface area contributed by atoms with Crippen molar-refractivity contribution in [2.45, 2.75) is 45.2 Å². The summed E-state index contributed by atoms with van der Waals surface area (Å²) < 4.78 is 5.44. The molecule has 1 amide bonds. The number of carbonyl (C=O) groups is 1. The molecule has 5 nitrogen and oxygen atoms in total. The molecule has 3 fully saturated rings. The van der Waals surface area contributed by atoms with Gasteiger partial charge in [-0.15, -0.1) is 0 Å². The molecule has 3 aliphatic rings. The summed E-state index contributed by atoms with van der Waals surface area (Å²) in [6.07, 6.45) is 7.90. The third-order valence-corrected chi connectivity index (χ3v) is 4.90. The molecule has 0 spiro atoms. The third kappa shape index (κ3) is 4.22. The highest BCUT2D eigenvalue weighted by atomic mass is 16.6. The largest absolute Gasteiger partial charge is 0.449 e. The number of pyridine rings is 1. The van der Waals surface area contributed by atoms with Gasteiger partial charge >= 0.3 is 6.09 Å². The van der Waals surface area contributed by atoms with E-state index in [1.807, 2.05) is 17.3 Å². The van der Waals surface area contributed by atoms with Gasteiger partial charge in [0.15, 0.2) is 0 Å². The lowest BCUT2D eigenvalue weighted by Crippen LogP contribution is -2.47. The van der Waals surface area contributed by atoms with E-state index in [0.29, 0.717) is 18.6 Å². The molecule has 126 valence electrons. The number of unbranched alkanes of at least 4 members (excludes halogenated alkanes) is 1. The number of hydrogen-bond donors (Lipinski definition) is 0. The van der Waals surface area contributed by atoms with Crippen molar-refractivity contribution in [3.63, 3.8) is 0 Å². The summed E-state index contributed by atoms with van der Waals surface area (Å²) in [5, 5.41) is 0. The Morgan fingerprint density at radius 1 is 1.26 bits per heavy atom. The number of aromatic nitrogens is 1. The highest BCUT2D eigenvalue weighted by Gasteiger charge is 2.37. The maximum atomic E-state index is 12.4. The Bertz CT molecular complexity index is 508. The Morgan fingerprint density at radius 3 is 2.87 bits per heavy atom. The quantitative estimate of drug-likeness (QED) is 0.783. The summed E-state index contributed by atoms with van der Waals surface area (Å²) in [6, 6.07) is 4.44. The molecule has 4 heterocycles. The highest BCUT2D eigenvalue weighted by Crippen LogP contribution is 2.29. The molecule has 4 rings (SSSR count). The van der Waals surface area contributed by atoms with E-state index in [-0.39, 0.29) is 6.09 Å². The summed E-state index contributed by atoms with van der Waals surface area (Å²) in [7, 11) is 0. The molecule has 0 radical (unpaired) electrons. The Hall–Kier alpha value is -1.62. The minimum atomic E-state index is -0.112. The molecule has 5 heteroatoms. The molecule has 2 bridgehead atoms. The van der Waals surface area contributed by atoms with E-state index in [0.717, 1.165) is 45.4 Å². The first kappa shape index (κ1) is 16.2. The fourth-order valence-electron chi connectivity index (χ4n) is 3.66. The van der Waals surface area contributed by atoms with Crippen LogP contribution < -0.4 is 0 Å². The van der Waals surface area contributed by atoms with Gasteiger partial charge in [0.2, 0.25) is 0 Å². The molecule has 0 aromatic carbocycles. The smallest absolute Gasteiger partial charge is 0.410 e. The predicted octanol–water partition coefficient (Wildman–Crippen LogP) is 2.91. The van der Waals surface area contributed by atoms with E-state index >= 15 is 0 Å². The molecule has 1 aromatic heterocycles. The lowest BCUT2D eigenvalue weighted by atomic mass is 9.95. The zero-order chi connectivity index (χ0) is 16.1. The van der Waals surface area contributed by atoms with Crippen molar-refractivity contribution in [3.8, 4) is 0 Å². The van der Waals surface area contributed by atoms with Gasteiger partial charge in [-0.05, 0) is 42.9 Å². The van der Waals surface area contributed by atoms with Crippen LogP contribution in [0.2, 0.25) is 0 Å². The number of nitrogens with zero attached hydrogens (tertiary/aromatic N) is 3. The van der Waals surface area contributed by atoms with Gasteiger partial charge in [0.1, 0.15) is 0 Å². The number of hydrogen-bond acceptors (Lipinski definition) is 4. The third-order valence-electron chi connectivity index (χ3n) is 4.90. The van der Waals surface area contributed by atoms with Crippen molar-refractivity contribution in [2.24, 2.45) is 5.92 Å². The molecule has 0 saturated carbocycles. The van der Waals surface area contributed by atoms with Crippen molar-refractivity contribution >= 4 is 6.09 Å². The second-order valence-electron chi connectivity index (χ2n) is 6.77. The minimum Gasteiger partial charge on any atom is -0.449 e. The van der Waals surface area contributed by atoms with Gasteiger partial charge in [-0.25, -0.2) is 4.79 Å². The van der Waals surface area contributed by atoms with Gasteiger partial charge in [0, 0.05) is 44.6 Å². The Morgan fingerprint density at radius 2 is 2.09 bits per heavy atom. The summed E-state index contributed by atoms with van der Waals surface area (Å²) in [6.45, 7) is 6.46. The van der Waals surface area contributed by atoms with Crippen LogP contribution in [0.5, 0.6) is 0 Å². The average molecular weight is 317 g/mol. The summed E-state index contributed by atoms with van der Waals surface area (Å²) in [5.41, 5.74) is 1.29. The van der Waals surface area contributed by atoms with E-state index in [1.54, 1.807) is 0 Å². The van der Waals surface area contributed by atoms with Gasteiger partial charge in [-0.2, -0.15) is 0 Å². The summed E-state index contributed by atoms with van der Waals surface area (Å²) in [4.78, 5) is 20.9. The molecule has 1 aromatic rings. The lowest BCUT2D eigenvalue weighted by Gasteiger charge is -2.35. The van der Waals surface area contributed by atoms with E-state index < -0.39 is 0 Å². The minimum absolute atomic E-state index is 0.112. The van der Waals surface area contributed by atoms with E-state index in [4.69, 9.17) is 4.74 Å². The van der Waals surface area contributed by atoms with Crippen molar-refractivity contribution in [1.29, 1.82) is 0 Å². The Labute approximate surface area is 138 Å². The zero-order valence-electron chi connectivity index (χ0n) is 14.0. The van der Waals surface area contributed by atoms with Crippen LogP contribution in [-0.4, -0.2) is 53.2 Å². The predicted molar refractivity (Wildman–Crippen MR) is 89.0 cm³/mol. The van der Waals surface area contributed by atoms with Gasteiger partial charge in [0.05, 0.1) is 6.61 Å². The zero-order valence-corrected chi connectivity index (χ0v) is 14.0. The fourth-order valence-corrected chi connectivity index (χ4v) is 3.66. The van der Waals surface area contributed by atoms with Crippen LogP contribution in [0.15, 0.2) is 24.5 Å². The van der Waals surface area contributed by atoms with Crippen LogP contribution in [0, 0.1) is 5.92 Å². The number of ether oxygens (including phenoxy) is 1. The van der Waals surface area contributed by atoms with Crippen LogP contribution in [0.1, 0.15) is 38.2 Å². The summed E-state index contributed by atoms with van der Waals surface area (Å²) in [5.74, 6) is 0.564. The van der Waals surface area contributed by atoms with Gasteiger partial charge in [-0.1, -0.05) is 13.3 Å². The molecule has 0 unspecified atom stereocenters. The lowest BCUT2D eigenvalue weighted by molar-refractivity contribution is 0.0671. The van der Waals surface area contributed by atoms with Crippen molar-refractivity contribution < 1.29 is 9.53 Å². The standard InChI is InChI=1S/C18H27N3O2/c1-2-3-10-23-18(22)21-13-16-4-5-17(21)14-20(12-16)11-15-6-8-19-9-7-15/h6-9,16-17H,2-5,10-14H2,1H3/t16-,17+/m1/s1. The number of fused-ring (bicyclic) bond motifs is 4. The van der Waals surface area contributed by atoms with E-state index in [1.165, 1.54) is 12.0 Å². The number of rotatable bonds is 5. The van der Waals surface area contributed by atoms with Crippen LogP contribution in [0.4, 0.5) is 4.79 Å². The highest BCUT2D eigenvalue weighted by molar-refractivity contribution is 5.68. The van der Waals surface area contributed by atoms with Gasteiger partial charge < -0.3 is 9.64 Å². The van der Waals surface area contributed by atoms with Gasteiger partial charge in [-0.3, -0.25) is 9.88 Å². The van der Waals surface area contributed by atoms with Crippen LogP contribution >= 0.6 is 0 Å². The number of carbonyl (C=O) groups excluding carboxylic acids is 1. The average Bonchev–Trinajstić information content (AvgIpc) is 2.86. The topological polar surface area (TPSA) is 45.7 Å². The maximum absolute atomic E-state index is 12.4. The SMILES string of the molecule is CCCCOC(=O)N1C[C@@H]2CC[C@H]1CN(Cc1ccncc1)C2. The van der Waals surface area contributed by atoms with Crippen LogP contribution in [-0.2, 0) is 11.3 Å². The fraction of sp³-hybridized carbons (Fsp3) is 0.667. The first-order valence-corrected chi connectivity index (χ1v) is 8.81. The molecule has 3 aliphatic heterocycles. The molecule has 2 atom stereocenters. The summed E-state index contributed by atoms with van der Waals surface area (Å²) >= 11 is 0. The van der Waals surface area contributed by atoms with Crippen molar-refractivity contribution in [1.82, 2.24) is 14.8 Å². The van der Waals surface area contributed by atoms with Gasteiger partial charge in [0.25, 0.3) is 0 Å². The van der Waals surface area contributed by atoms with Crippen LogP contribution in [0.3, 0.4) is 0 Å². The first-order chi connectivity index (χ1) is 11.3. The normalized spacial score (nSPS) is 24.5. The van der Waals surface area contributed by atoms with E-state index in [9.17, 15) is 4.79 Å². The van der Waals surface area contributed by atoms with Crippen molar-refractivity contribution in [3.05, 3.63) is 30.1 Å². The van der Waals surface area contributed by atoms with E-state index in [2.05, 4.69) is 28.9 Å². The molecule has 0 N–H and O–H groups in total. The Kier molecular flexibility index (Phi) is 5.49. The van der Waals surface area contributed by atoms with Crippen LogP contribution in [0.25, 0.3) is 0 Å². The molecule has 0 aliphatic carbocycles. The molecule has 3 saturated heterocycles. The monoisotopic (exact) mass is 317 g/mol. The van der Waals surface area contributed by atoms with Crippen molar-refractivity contribution in [2.75, 3.05) is 26.2 Å². The first-order valence-electron chi connectivity index (χ1n) is 8.81. The number of amides is 1. The number of piperidine rings is 1. The second-order valence-corrected chi connectivity index (χ2v) is 6.77. The maximum Gasteiger partial charge on any atom is 0.410 e.